The van der Waals surface area contributed by atoms with E-state index in [4.69, 9.17) is 14.2 Å². The summed E-state index contributed by atoms with van der Waals surface area (Å²) in [5, 5.41) is 0. The van der Waals surface area contributed by atoms with Crippen LogP contribution in [0.2, 0.25) is 0 Å². The van der Waals surface area contributed by atoms with Crippen LogP contribution in [-0.2, 0) is 20.7 Å². The largest absolute Gasteiger partial charge is 0.493 e. The first kappa shape index (κ1) is 22.9. The average Bonchev–Trinajstić information content (AvgIpc) is 3.05. The quantitative estimate of drug-likeness (QED) is 0.337. The third kappa shape index (κ3) is 4.91. The van der Waals surface area contributed by atoms with Crippen LogP contribution in [0.3, 0.4) is 0 Å². The van der Waals surface area contributed by atoms with Crippen molar-refractivity contribution in [2.75, 3.05) is 27.4 Å². The van der Waals surface area contributed by atoms with E-state index < -0.39 is 5.97 Å². The Balaban J connectivity index is 1.93. The number of hydrogen-bond acceptors (Lipinski definition) is 5. The van der Waals surface area contributed by atoms with Crippen molar-refractivity contribution in [1.82, 2.24) is 4.90 Å². The Morgan fingerprint density at radius 3 is 2.50 bits per heavy atom. The third-order valence-electron chi connectivity index (χ3n) is 5.22. The normalized spacial score (nSPS) is 14.7. The van der Waals surface area contributed by atoms with Gasteiger partial charge in [-0.3, -0.25) is 4.79 Å². The Labute approximate surface area is 188 Å². The summed E-state index contributed by atoms with van der Waals surface area (Å²) in [4.78, 5) is 27.4. The second-order valence-electron chi connectivity index (χ2n) is 7.21. The summed E-state index contributed by atoms with van der Waals surface area (Å²) < 4.78 is 16.0. The number of rotatable bonds is 9. The predicted octanol–water partition coefficient (Wildman–Crippen LogP) is 4.18. The monoisotopic (exact) mass is 433 g/mol. The van der Waals surface area contributed by atoms with Gasteiger partial charge in [0.15, 0.2) is 11.5 Å². The number of esters is 1. The Hall–Kier alpha value is -3.80. The van der Waals surface area contributed by atoms with Crippen LogP contribution in [0.4, 0.5) is 0 Å². The predicted molar refractivity (Wildman–Crippen MR) is 123 cm³/mol. The standard InChI is InChI=1S/C26H27NO5/c1-5-15-32-22-12-11-20(17-23(22)30-3)16-21-24(26(29)31-4)18(2)27(25(21)28)14-13-19-9-7-6-8-10-19/h5-12,16-17H,1,13-15H2,2-4H3/b21-16-. The zero-order valence-corrected chi connectivity index (χ0v) is 18.6. The fourth-order valence-corrected chi connectivity index (χ4v) is 3.59. The van der Waals surface area contributed by atoms with Crippen molar-refractivity contribution in [2.45, 2.75) is 13.3 Å². The number of carbonyl (C=O) groups is 2. The molecule has 0 bridgehead atoms. The van der Waals surface area contributed by atoms with E-state index in [0.29, 0.717) is 47.9 Å². The van der Waals surface area contributed by atoms with Gasteiger partial charge in [0.05, 0.1) is 25.4 Å². The lowest BCUT2D eigenvalue weighted by Crippen LogP contribution is -2.27. The maximum absolute atomic E-state index is 13.3. The minimum atomic E-state index is -0.540. The second-order valence-corrected chi connectivity index (χ2v) is 7.21. The summed E-state index contributed by atoms with van der Waals surface area (Å²) >= 11 is 0. The van der Waals surface area contributed by atoms with Crippen molar-refractivity contribution >= 4 is 18.0 Å². The van der Waals surface area contributed by atoms with Gasteiger partial charge in [-0.15, -0.1) is 0 Å². The van der Waals surface area contributed by atoms with Gasteiger partial charge in [-0.05, 0) is 42.7 Å². The van der Waals surface area contributed by atoms with Crippen LogP contribution in [0.5, 0.6) is 11.5 Å². The first-order valence-electron chi connectivity index (χ1n) is 10.3. The topological polar surface area (TPSA) is 65.1 Å². The first-order chi connectivity index (χ1) is 15.5. The molecule has 2 aromatic carbocycles. The van der Waals surface area contributed by atoms with E-state index in [1.165, 1.54) is 7.11 Å². The number of amides is 1. The average molecular weight is 434 g/mol. The summed E-state index contributed by atoms with van der Waals surface area (Å²) in [5.74, 6) is 0.316. The molecule has 0 atom stereocenters. The maximum Gasteiger partial charge on any atom is 0.340 e. The lowest BCUT2D eigenvalue weighted by atomic mass is 10.0. The number of carbonyl (C=O) groups excluding carboxylic acids is 2. The Morgan fingerprint density at radius 2 is 1.84 bits per heavy atom. The van der Waals surface area contributed by atoms with E-state index >= 15 is 0 Å². The molecule has 6 heteroatoms. The maximum atomic E-state index is 13.3. The van der Waals surface area contributed by atoms with Crippen LogP contribution in [0.1, 0.15) is 18.1 Å². The smallest absolute Gasteiger partial charge is 0.340 e. The van der Waals surface area contributed by atoms with Crippen LogP contribution in [-0.4, -0.2) is 44.1 Å². The zero-order valence-electron chi connectivity index (χ0n) is 18.6. The van der Waals surface area contributed by atoms with Crippen molar-refractivity contribution < 1.29 is 23.8 Å². The molecule has 3 rings (SSSR count). The Kier molecular flexibility index (Phi) is 7.49. The lowest BCUT2D eigenvalue weighted by molar-refractivity contribution is -0.136. The van der Waals surface area contributed by atoms with Crippen LogP contribution >= 0.6 is 0 Å². The summed E-state index contributed by atoms with van der Waals surface area (Å²) in [6, 6.07) is 15.2. The van der Waals surface area contributed by atoms with Crippen molar-refractivity contribution in [3.8, 4) is 11.5 Å². The fraction of sp³-hybridized carbons (Fsp3) is 0.231. The molecule has 1 aliphatic heterocycles. The minimum Gasteiger partial charge on any atom is -0.493 e. The number of benzene rings is 2. The number of methoxy groups -OCH3 is 2. The van der Waals surface area contributed by atoms with Gasteiger partial charge >= 0.3 is 5.97 Å². The van der Waals surface area contributed by atoms with E-state index in [0.717, 1.165) is 5.56 Å². The highest BCUT2D eigenvalue weighted by Crippen LogP contribution is 2.34. The van der Waals surface area contributed by atoms with E-state index in [1.54, 1.807) is 49.3 Å². The van der Waals surface area contributed by atoms with E-state index in [9.17, 15) is 9.59 Å². The van der Waals surface area contributed by atoms with Crippen LogP contribution in [0, 0.1) is 0 Å². The lowest BCUT2D eigenvalue weighted by Gasteiger charge is -2.17. The molecular formula is C26H27NO5. The van der Waals surface area contributed by atoms with Crippen molar-refractivity contribution in [2.24, 2.45) is 0 Å². The SMILES string of the molecule is C=CCOc1ccc(/C=C2\C(=O)N(CCc3ccccc3)C(C)=C2C(=O)OC)cc1OC. The van der Waals surface area contributed by atoms with Crippen molar-refractivity contribution in [3.63, 3.8) is 0 Å². The number of allylic oxidation sites excluding steroid dienone is 1. The molecule has 1 amide bonds. The van der Waals surface area contributed by atoms with Crippen LogP contribution < -0.4 is 9.47 Å². The number of ether oxygens (including phenoxy) is 3. The molecule has 32 heavy (non-hydrogen) atoms. The van der Waals surface area contributed by atoms with Crippen molar-refractivity contribution in [3.05, 3.63) is 89.2 Å². The molecule has 0 unspecified atom stereocenters. The highest BCUT2D eigenvalue weighted by molar-refractivity contribution is 6.16. The molecule has 2 aromatic rings. The highest BCUT2D eigenvalue weighted by atomic mass is 16.5. The molecule has 0 aliphatic carbocycles. The third-order valence-corrected chi connectivity index (χ3v) is 5.22. The van der Waals surface area contributed by atoms with Gasteiger partial charge in [0, 0.05) is 12.2 Å². The summed E-state index contributed by atoms with van der Waals surface area (Å²) in [5.41, 5.74) is 2.97. The van der Waals surface area contributed by atoms with Gasteiger partial charge in [-0.1, -0.05) is 49.1 Å². The molecule has 0 saturated carbocycles. The molecular weight excluding hydrogens is 406 g/mol. The molecule has 0 N–H and O–H groups in total. The Morgan fingerprint density at radius 1 is 1.09 bits per heavy atom. The first-order valence-corrected chi connectivity index (χ1v) is 10.3. The molecule has 1 heterocycles. The minimum absolute atomic E-state index is 0.232. The van der Waals surface area contributed by atoms with Gasteiger partial charge in [-0.2, -0.15) is 0 Å². The summed E-state index contributed by atoms with van der Waals surface area (Å²) in [6.07, 6.45) is 4.00. The van der Waals surface area contributed by atoms with Gasteiger partial charge in [0.25, 0.3) is 5.91 Å². The fourth-order valence-electron chi connectivity index (χ4n) is 3.59. The van der Waals surface area contributed by atoms with Gasteiger partial charge in [0.2, 0.25) is 0 Å². The Bertz CT molecular complexity index is 1070. The van der Waals surface area contributed by atoms with Crippen molar-refractivity contribution in [1.29, 1.82) is 0 Å². The number of hydrogen-bond donors (Lipinski definition) is 0. The molecule has 1 aliphatic rings. The van der Waals surface area contributed by atoms with E-state index in [2.05, 4.69) is 6.58 Å². The second kappa shape index (κ2) is 10.5. The van der Waals surface area contributed by atoms with E-state index in [1.807, 2.05) is 30.3 Å². The van der Waals surface area contributed by atoms with Crippen LogP contribution in [0.25, 0.3) is 6.08 Å². The molecule has 0 radical (unpaired) electrons. The molecule has 0 spiro atoms. The van der Waals surface area contributed by atoms with Gasteiger partial charge in [-0.25, -0.2) is 4.79 Å². The number of nitrogens with zero attached hydrogens (tertiary/aromatic N) is 1. The molecule has 0 fully saturated rings. The van der Waals surface area contributed by atoms with E-state index in [-0.39, 0.29) is 11.5 Å². The zero-order chi connectivity index (χ0) is 23.1. The van der Waals surface area contributed by atoms with Crippen LogP contribution in [0.15, 0.2) is 78.0 Å². The highest BCUT2D eigenvalue weighted by Gasteiger charge is 2.36. The van der Waals surface area contributed by atoms with Gasteiger partial charge in [0.1, 0.15) is 6.61 Å². The summed E-state index contributed by atoms with van der Waals surface area (Å²) in [7, 11) is 2.86. The molecule has 0 saturated heterocycles. The van der Waals surface area contributed by atoms with Gasteiger partial charge < -0.3 is 19.1 Å². The summed E-state index contributed by atoms with van der Waals surface area (Å²) in [6.45, 7) is 6.22. The molecule has 6 nitrogen and oxygen atoms in total. The molecule has 0 aromatic heterocycles. The molecule has 166 valence electrons.